The van der Waals surface area contributed by atoms with E-state index in [1.807, 2.05) is 30.3 Å². The molecular weight excluding hydrogens is 230 g/mol. The van der Waals surface area contributed by atoms with Gasteiger partial charge in [0.1, 0.15) is 11.5 Å². The lowest BCUT2D eigenvalue weighted by atomic mass is 10.1. The highest BCUT2D eigenvalue weighted by Gasteiger charge is 2.06. The largest absolute Gasteiger partial charge is 0.396 e. The summed E-state index contributed by atoms with van der Waals surface area (Å²) >= 11 is 0. The van der Waals surface area contributed by atoms with Crippen LogP contribution < -0.4 is 0 Å². The summed E-state index contributed by atoms with van der Waals surface area (Å²) in [6.07, 6.45) is 1.40. The lowest BCUT2D eigenvalue weighted by molar-refractivity contribution is 0.185. The predicted molar refractivity (Wildman–Crippen MR) is 68.1 cm³/mol. The number of hydrogen-bond donors (Lipinski definition) is 1. The van der Waals surface area contributed by atoms with Crippen LogP contribution in [0.25, 0.3) is 11.3 Å². The predicted octanol–water partition coefficient (Wildman–Crippen LogP) is 2.41. The number of aromatic nitrogens is 1. The number of methoxy groups -OCH3 is 1. The molecule has 0 bridgehead atoms. The molecule has 0 aliphatic rings. The number of aliphatic hydroxyl groups is 1. The number of ether oxygens (including phenoxy) is 1. The summed E-state index contributed by atoms with van der Waals surface area (Å²) in [4.78, 5) is 0. The third-order valence-electron chi connectivity index (χ3n) is 2.67. The molecule has 2 rings (SSSR count). The van der Waals surface area contributed by atoms with Crippen molar-refractivity contribution in [2.75, 3.05) is 13.7 Å². The molecule has 0 unspecified atom stereocenters. The number of benzene rings is 1. The molecule has 18 heavy (non-hydrogen) atoms. The van der Waals surface area contributed by atoms with Gasteiger partial charge in [-0.3, -0.25) is 0 Å². The Bertz CT molecular complexity index is 493. The first-order valence-electron chi connectivity index (χ1n) is 5.98. The minimum absolute atomic E-state index is 0.166. The first-order chi connectivity index (χ1) is 8.83. The van der Waals surface area contributed by atoms with Crippen molar-refractivity contribution >= 4 is 0 Å². The van der Waals surface area contributed by atoms with E-state index in [1.54, 1.807) is 7.11 Å². The molecule has 0 spiro atoms. The second kappa shape index (κ2) is 6.33. The summed E-state index contributed by atoms with van der Waals surface area (Å²) in [5.74, 6) is 0.802. The van der Waals surface area contributed by atoms with E-state index in [0.717, 1.165) is 22.6 Å². The zero-order valence-corrected chi connectivity index (χ0v) is 10.4. The average Bonchev–Trinajstić information content (AvgIpc) is 2.86. The summed E-state index contributed by atoms with van der Waals surface area (Å²) in [6.45, 7) is 0.752. The van der Waals surface area contributed by atoms with Gasteiger partial charge in [-0.2, -0.15) is 0 Å². The summed E-state index contributed by atoms with van der Waals surface area (Å²) in [5.41, 5.74) is 2.94. The van der Waals surface area contributed by atoms with Crippen LogP contribution >= 0.6 is 0 Å². The Balaban J connectivity index is 2.15. The van der Waals surface area contributed by atoms with E-state index in [2.05, 4.69) is 5.16 Å². The highest BCUT2D eigenvalue weighted by molar-refractivity contribution is 5.59. The first kappa shape index (κ1) is 12.8. The number of nitrogens with zero attached hydrogens (tertiary/aromatic N) is 1. The monoisotopic (exact) mass is 247 g/mol. The van der Waals surface area contributed by atoms with Crippen LogP contribution in [-0.2, 0) is 17.8 Å². The Hall–Kier alpha value is -1.65. The van der Waals surface area contributed by atoms with Gasteiger partial charge in [0.25, 0.3) is 0 Å². The molecule has 2 aromatic rings. The van der Waals surface area contributed by atoms with Crippen molar-refractivity contribution in [1.29, 1.82) is 0 Å². The van der Waals surface area contributed by atoms with Crippen molar-refractivity contribution in [3.63, 3.8) is 0 Å². The number of hydrogen-bond acceptors (Lipinski definition) is 4. The smallest absolute Gasteiger partial charge is 0.137 e. The van der Waals surface area contributed by atoms with Gasteiger partial charge < -0.3 is 14.4 Å². The Morgan fingerprint density at radius 3 is 3.00 bits per heavy atom. The van der Waals surface area contributed by atoms with Crippen LogP contribution in [-0.4, -0.2) is 24.0 Å². The maximum Gasteiger partial charge on any atom is 0.137 e. The minimum Gasteiger partial charge on any atom is -0.396 e. The Kier molecular flexibility index (Phi) is 4.50. The van der Waals surface area contributed by atoms with Crippen molar-refractivity contribution in [3.05, 3.63) is 41.7 Å². The SMILES string of the molecule is COCc1cccc(-c2cc(CCCO)on2)c1. The maximum atomic E-state index is 8.77. The summed E-state index contributed by atoms with van der Waals surface area (Å²) in [6, 6.07) is 9.94. The van der Waals surface area contributed by atoms with Crippen LogP contribution in [0.4, 0.5) is 0 Å². The Labute approximate surface area is 106 Å². The van der Waals surface area contributed by atoms with Gasteiger partial charge in [-0.1, -0.05) is 23.4 Å². The minimum atomic E-state index is 0.166. The van der Waals surface area contributed by atoms with E-state index in [-0.39, 0.29) is 6.61 Å². The first-order valence-corrected chi connectivity index (χ1v) is 5.98. The third-order valence-corrected chi connectivity index (χ3v) is 2.67. The van der Waals surface area contributed by atoms with E-state index in [0.29, 0.717) is 19.4 Å². The van der Waals surface area contributed by atoms with E-state index in [1.165, 1.54) is 0 Å². The van der Waals surface area contributed by atoms with Gasteiger partial charge in [-0.05, 0) is 18.1 Å². The molecule has 1 aromatic heterocycles. The molecule has 0 fully saturated rings. The standard InChI is InChI=1S/C14H17NO3/c1-17-10-11-4-2-5-12(8-11)14-9-13(18-15-14)6-3-7-16/h2,4-5,8-9,16H,3,6-7,10H2,1H3. The van der Waals surface area contributed by atoms with Crippen LogP contribution in [0.5, 0.6) is 0 Å². The second-order valence-corrected chi connectivity index (χ2v) is 4.14. The van der Waals surface area contributed by atoms with Crippen molar-refractivity contribution < 1.29 is 14.4 Å². The van der Waals surface area contributed by atoms with Crippen LogP contribution in [0.15, 0.2) is 34.9 Å². The van der Waals surface area contributed by atoms with Crippen molar-refractivity contribution in [2.24, 2.45) is 0 Å². The zero-order valence-electron chi connectivity index (χ0n) is 10.4. The van der Waals surface area contributed by atoms with Crippen LogP contribution in [0.1, 0.15) is 17.7 Å². The maximum absolute atomic E-state index is 8.77. The Morgan fingerprint density at radius 2 is 2.22 bits per heavy atom. The normalized spacial score (nSPS) is 10.8. The molecule has 0 aliphatic heterocycles. The van der Waals surface area contributed by atoms with Gasteiger partial charge in [-0.15, -0.1) is 0 Å². The molecule has 0 saturated carbocycles. The molecule has 4 nitrogen and oxygen atoms in total. The number of aliphatic hydroxyl groups excluding tert-OH is 1. The molecule has 1 N–H and O–H groups in total. The van der Waals surface area contributed by atoms with E-state index in [4.69, 9.17) is 14.4 Å². The number of aryl methyl sites for hydroxylation is 1. The van der Waals surface area contributed by atoms with Gasteiger partial charge in [0.05, 0.1) is 6.61 Å². The van der Waals surface area contributed by atoms with Crippen molar-refractivity contribution in [1.82, 2.24) is 5.16 Å². The average molecular weight is 247 g/mol. The fraction of sp³-hybridized carbons (Fsp3) is 0.357. The quantitative estimate of drug-likeness (QED) is 0.851. The summed E-state index contributed by atoms with van der Waals surface area (Å²) < 4.78 is 10.3. The van der Waals surface area contributed by atoms with Crippen LogP contribution in [0.2, 0.25) is 0 Å². The highest BCUT2D eigenvalue weighted by Crippen LogP contribution is 2.21. The van der Waals surface area contributed by atoms with Gasteiger partial charge in [0.2, 0.25) is 0 Å². The van der Waals surface area contributed by atoms with Crippen molar-refractivity contribution in [3.8, 4) is 11.3 Å². The van der Waals surface area contributed by atoms with Crippen LogP contribution in [0, 0.1) is 0 Å². The van der Waals surface area contributed by atoms with E-state index < -0.39 is 0 Å². The summed E-state index contributed by atoms with van der Waals surface area (Å²) in [7, 11) is 1.68. The lowest BCUT2D eigenvalue weighted by Crippen LogP contribution is -1.88. The molecular formula is C14H17NO3. The van der Waals surface area contributed by atoms with Gasteiger partial charge in [-0.25, -0.2) is 0 Å². The Morgan fingerprint density at radius 1 is 1.33 bits per heavy atom. The van der Waals surface area contributed by atoms with E-state index in [9.17, 15) is 0 Å². The van der Waals surface area contributed by atoms with Crippen molar-refractivity contribution in [2.45, 2.75) is 19.4 Å². The van der Waals surface area contributed by atoms with Gasteiger partial charge in [0, 0.05) is 31.8 Å². The molecule has 0 amide bonds. The molecule has 0 atom stereocenters. The molecule has 1 heterocycles. The molecule has 1 aromatic carbocycles. The molecule has 0 aliphatic carbocycles. The zero-order chi connectivity index (χ0) is 12.8. The highest BCUT2D eigenvalue weighted by atomic mass is 16.5. The van der Waals surface area contributed by atoms with E-state index >= 15 is 0 Å². The fourth-order valence-corrected chi connectivity index (χ4v) is 1.81. The molecule has 0 saturated heterocycles. The number of rotatable bonds is 6. The van der Waals surface area contributed by atoms with Gasteiger partial charge >= 0.3 is 0 Å². The topological polar surface area (TPSA) is 55.5 Å². The third kappa shape index (κ3) is 3.18. The fourth-order valence-electron chi connectivity index (χ4n) is 1.81. The second-order valence-electron chi connectivity index (χ2n) is 4.14. The molecule has 0 radical (unpaired) electrons. The lowest BCUT2D eigenvalue weighted by Gasteiger charge is -2.01. The van der Waals surface area contributed by atoms with Crippen LogP contribution in [0.3, 0.4) is 0 Å². The molecule has 96 valence electrons. The summed E-state index contributed by atoms with van der Waals surface area (Å²) in [5, 5.41) is 12.8. The molecule has 4 heteroatoms. The van der Waals surface area contributed by atoms with Gasteiger partial charge in [0.15, 0.2) is 0 Å².